The number of carbonyl (C=O) groups is 2. The molecule has 0 rings (SSSR count). The molecule has 0 aromatic carbocycles. The van der Waals surface area contributed by atoms with Gasteiger partial charge in [-0.3, -0.25) is 8.98 Å². The maximum atomic E-state index is 11.4. The van der Waals surface area contributed by atoms with Gasteiger partial charge in [0.2, 0.25) is 5.91 Å². The number of hydrogen-bond acceptors (Lipinski definition) is 6. The summed E-state index contributed by atoms with van der Waals surface area (Å²) in [6.07, 6.45) is 0.665. The number of rotatable bonds is 7. The van der Waals surface area contributed by atoms with Crippen LogP contribution < -0.4 is 10.6 Å². The van der Waals surface area contributed by atoms with Crippen molar-refractivity contribution < 1.29 is 26.9 Å². The number of carbonyl (C=O) groups excluding carboxylic acids is 2. The Bertz CT molecular complexity index is 455. The fourth-order valence-electron chi connectivity index (χ4n) is 1.35. The summed E-state index contributed by atoms with van der Waals surface area (Å²) in [6, 6.07) is -0.521. The number of ether oxygens (including phenoxy) is 1. The predicted octanol–water partition coefficient (Wildman–Crippen LogP) is 0.382. The molecule has 9 heteroatoms. The van der Waals surface area contributed by atoms with E-state index in [0.29, 0.717) is 6.42 Å². The molecule has 2 N–H and O–H groups in total. The minimum absolute atomic E-state index is 0.186. The Morgan fingerprint density at radius 2 is 1.81 bits per heavy atom. The largest absolute Gasteiger partial charge is 0.444 e. The lowest BCUT2D eigenvalue weighted by Crippen LogP contribution is -2.41. The molecule has 0 aromatic rings. The number of nitrogens with one attached hydrogen (secondary N) is 2. The standard InChI is InChI=1S/C12H24N2O6S/c1-9(15)14-10(8-19-21(5,17)18)6-7-13-11(16)20-12(2,3)4/h10H,6-8H2,1-5H3,(H,13,16)(H,14,15)/t10-/m0/s1. The number of hydrogen-bond donors (Lipinski definition) is 2. The topological polar surface area (TPSA) is 111 Å². The van der Waals surface area contributed by atoms with E-state index in [9.17, 15) is 18.0 Å². The molecule has 1 atom stereocenters. The lowest BCUT2D eigenvalue weighted by Gasteiger charge is -2.21. The Balaban J connectivity index is 4.24. The molecule has 2 amide bonds. The monoisotopic (exact) mass is 324 g/mol. The van der Waals surface area contributed by atoms with Crippen molar-refractivity contribution in [1.82, 2.24) is 10.6 Å². The van der Waals surface area contributed by atoms with E-state index in [-0.39, 0.29) is 19.1 Å². The Labute approximate surface area is 125 Å². The van der Waals surface area contributed by atoms with Crippen LogP contribution in [0.15, 0.2) is 0 Å². The molecule has 0 fully saturated rings. The van der Waals surface area contributed by atoms with E-state index in [1.165, 1.54) is 6.92 Å². The minimum atomic E-state index is -3.58. The van der Waals surface area contributed by atoms with Gasteiger partial charge in [-0.15, -0.1) is 0 Å². The van der Waals surface area contributed by atoms with Gasteiger partial charge < -0.3 is 15.4 Å². The predicted molar refractivity (Wildman–Crippen MR) is 77.3 cm³/mol. The minimum Gasteiger partial charge on any atom is -0.444 e. The SMILES string of the molecule is CC(=O)N[C@@H](CCNC(=O)OC(C)(C)C)COS(C)(=O)=O. The summed E-state index contributed by atoms with van der Waals surface area (Å²) >= 11 is 0. The quantitative estimate of drug-likeness (QED) is 0.655. The zero-order chi connectivity index (χ0) is 16.7. The second-order valence-electron chi connectivity index (χ2n) is 5.60. The van der Waals surface area contributed by atoms with Crippen LogP contribution >= 0.6 is 0 Å². The second kappa shape index (κ2) is 8.18. The Hall–Kier alpha value is -1.35. The summed E-state index contributed by atoms with van der Waals surface area (Å²) in [5.74, 6) is -0.311. The van der Waals surface area contributed by atoms with Gasteiger partial charge in [-0.25, -0.2) is 4.79 Å². The maximum Gasteiger partial charge on any atom is 0.407 e. The first kappa shape index (κ1) is 19.7. The normalized spacial score (nSPS) is 13.4. The third-order valence-corrected chi connectivity index (χ3v) is 2.62. The molecule has 21 heavy (non-hydrogen) atoms. The van der Waals surface area contributed by atoms with Gasteiger partial charge in [0.05, 0.1) is 18.9 Å². The summed E-state index contributed by atoms with van der Waals surface area (Å²) in [4.78, 5) is 22.5. The highest BCUT2D eigenvalue weighted by Gasteiger charge is 2.17. The summed E-state index contributed by atoms with van der Waals surface area (Å²) in [6.45, 7) is 6.57. The van der Waals surface area contributed by atoms with Crippen LogP contribution in [0.25, 0.3) is 0 Å². The molecule has 0 aliphatic carbocycles. The molecule has 0 aliphatic heterocycles. The molecular weight excluding hydrogens is 300 g/mol. The zero-order valence-corrected chi connectivity index (χ0v) is 13.9. The van der Waals surface area contributed by atoms with Gasteiger partial charge in [0.1, 0.15) is 5.60 Å². The molecule has 0 aromatic heterocycles. The van der Waals surface area contributed by atoms with Crippen molar-refractivity contribution >= 4 is 22.1 Å². The van der Waals surface area contributed by atoms with Crippen LogP contribution in [0.2, 0.25) is 0 Å². The third-order valence-electron chi connectivity index (χ3n) is 2.05. The van der Waals surface area contributed by atoms with E-state index in [4.69, 9.17) is 4.74 Å². The van der Waals surface area contributed by atoms with Crippen molar-refractivity contribution in [3.05, 3.63) is 0 Å². The van der Waals surface area contributed by atoms with E-state index in [1.807, 2.05) is 0 Å². The lowest BCUT2D eigenvalue weighted by molar-refractivity contribution is -0.119. The van der Waals surface area contributed by atoms with E-state index in [0.717, 1.165) is 6.26 Å². The fourth-order valence-corrected chi connectivity index (χ4v) is 1.76. The molecule has 0 bridgehead atoms. The van der Waals surface area contributed by atoms with Crippen LogP contribution in [-0.2, 0) is 23.8 Å². The van der Waals surface area contributed by atoms with Crippen LogP contribution in [0.4, 0.5) is 4.79 Å². The average molecular weight is 324 g/mol. The van der Waals surface area contributed by atoms with Crippen molar-refractivity contribution in [1.29, 1.82) is 0 Å². The first-order valence-electron chi connectivity index (χ1n) is 6.47. The van der Waals surface area contributed by atoms with Crippen LogP contribution in [0.3, 0.4) is 0 Å². The number of alkyl carbamates (subject to hydrolysis) is 1. The van der Waals surface area contributed by atoms with Gasteiger partial charge in [-0.1, -0.05) is 0 Å². The third kappa shape index (κ3) is 13.4. The van der Waals surface area contributed by atoms with Crippen LogP contribution in [0.1, 0.15) is 34.1 Å². The number of amides is 2. The van der Waals surface area contributed by atoms with Crippen molar-refractivity contribution in [3.63, 3.8) is 0 Å². The van der Waals surface area contributed by atoms with Crippen LogP contribution in [-0.4, -0.2) is 51.5 Å². The average Bonchev–Trinajstić information content (AvgIpc) is 2.21. The van der Waals surface area contributed by atoms with Gasteiger partial charge in [0.25, 0.3) is 10.1 Å². The lowest BCUT2D eigenvalue weighted by atomic mass is 10.2. The van der Waals surface area contributed by atoms with E-state index in [1.54, 1.807) is 20.8 Å². The Morgan fingerprint density at radius 1 is 1.24 bits per heavy atom. The van der Waals surface area contributed by atoms with Gasteiger partial charge >= 0.3 is 6.09 Å². The highest BCUT2D eigenvalue weighted by atomic mass is 32.2. The van der Waals surface area contributed by atoms with Gasteiger partial charge in [0.15, 0.2) is 0 Å². The zero-order valence-electron chi connectivity index (χ0n) is 13.1. The van der Waals surface area contributed by atoms with Gasteiger partial charge in [-0.2, -0.15) is 8.42 Å². The summed E-state index contributed by atoms with van der Waals surface area (Å²) in [7, 11) is -3.58. The molecule has 0 spiro atoms. The first-order chi connectivity index (χ1) is 9.39. The molecule has 0 saturated heterocycles. The van der Waals surface area contributed by atoms with E-state index >= 15 is 0 Å². The Kier molecular flexibility index (Phi) is 7.65. The molecule has 8 nitrogen and oxygen atoms in total. The maximum absolute atomic E-state index is 11.4. The Morgan fingerprint density at radius 3 is 2.24 bits per heavy atom. The molecule has 0 unspecified atom stereocenters. The summed E-state index contributed by atoms with van der Waals surface area (Å²) in [5.41, 5.74) is -0.597. The first-order valence-corrected chi connectivity index (χ1v) is 8.29. The van der Waals surface area contributed by atoms with Crippen molar-refractivity contribution in [2.24, 2.45) is 0 Å². The molecule has 124 valence electrons. The molecule has 0 aliphatic rings. The van der Waals surface area contributed by atoms with E-state index in [2.05, 4.69) is 14.8 Å². The fraction of sp³-hybridized carbons (Fsp3) is 0.833. The summed E-state index contributed by atoms with van der Waals surface area (Å²) < 4.78 is 31.6. The second-order valence-corrected chi connectivity index (χ2v) is 7.25. The molecule has 0 saturated carbocycles. The van der Waals surface area contributed by atoms with Gasteiger partial charge in [-0.05, 0) is 27.2 Å². The van der Waals surface area contributed by atoms with E-state index < -0.39 is 27.9 Å². The smallest absolute Gasteiger partial charge is 0.407 e. The molecular formula is C12H24N2O6S. The van der Waals surface area contributed by atoms with Crippen molar-refractivity contribution in [2.45, 2.75) is 45.8 Å². The summed E-state index contributed by atoms with van der Waals surface area (Å²) in [5, 5.41) is 5.08. The highest BCUT2D eigenvalue weighted by Crippen LogP contribution is 2.06. The van der Waals surface area contributed by atoms with Crippen LogP contribution in [0.5, 0.6) is 0 Å². The molecule has 0 radical (unpaired) electrons. The van der Waals surface area contributed by atoms with Gasteiger partial charge in [0, 0.05) is 13.5 Å². The van der Waals surface area contributed by atoms with Crippen LogP contribution in [0, 0.1) is 0 Å². The molecule has 0 heterocycles. The highest BCUT2D eigenvalue weighted by molar-refractivity contribution is 7.85. The van der Waals surface area contributed by atoms with Crippen molar-refractivity contribution in [2.75, 3.05) is 19.4 Å². The van der Waals surface area contributed by atoms with Crippen molar-refractivity contribution in [3.8, 4) is 0 Å².